The van der Waals surface area contributed by atoms with Gasteiger partial charge in [0.25, 0.3) is 5.91 Å². The smallest absolute Gasteiger partial charge is 0.340 e. The van der Waals surface area contributed by atoms with Crippen LogP contribution in [0.15, 0.2) is 41.3 Å². The molecular formula is C22H24F2N2O5S. The molecule has 1 N–H and O–H groups in total. The highest BCUT2D eigenvalue weighted by Crippen LogP contribution is 2.27. The van der Waals surface area contributed by atoms with E-state index in [4.69, 9.17) is 0 Å². The van der Waals surface area contributed by atoms with Crippen LogP contribution in [0, 0.1) is 11.6 Å². The third kappa shape index (κ3) is 4.97. The Morgan fingerprint density at radius 3 is 2.41 bits per heavy atom. The Kier molecular flexibility index (Phi) is 7.25. The molecule has 10 heteroatoms. The van der Waals surface area contributed by atoms with Gasteiger partial charge in [0, 0.05) is 24.7 Å². The molecule has 3 rings (SSSR count). The average Bonchev–Trinajstić information content (AvgIpc) is 2.80. The monoisotopic (exact) mass is 466 g/mol. The molecule has 1 aliphatic rings. The van der Waals surface area contributed by atoms with Gasteiger partial charge in [0.1, 0.15) is 11.6 Å². The molecule has 2 aromatic rings. The van der Waals surface area contributed by atoms with Crippen LogP contribution in [0.3, 0.4) is 0 Å². The van der Waals surface area contributed by atoms with Gasteiger partial charge in [-0.2, -0.15) is 4.31 Å². The summed E-state index contributed by atoms with van der Waals surface area (Å²) >= 11 is 0. The van der Waals surface area contributed by atoms with Crippen LogP contribution < -0.4 is 5.32 Å². The van der Waals surface area contributed by atoms with Crippen molar-refractivity contribution in [3.8, 4) is 0 Å². The standard InChI is InChI=1S/C22H24F2N2O5S/c1-26(15-8-4-3-5-9-15)32(29,30)16-10-6-7-14(11-16)21(27)25-20-12-17(22(28)31-2)18(23)13-19(20)24/h6-7,10-13,15H,3-5,8-9H2,1-2H3,(H,25,27). The molecule has 1 saturated carbocycles. The second kappa shape index (κ2) is 9.74. The Balaban J connectivity index is 1.85. The third-order valence-electron chi connectivity index (χ3n) is 5.57. The summed E-state index contributed by atoms with van der Waals surface area (Å²) in [6.07, 6.45) is 4.57. The Hall–Kier alpha value is -2.85. The van der Waals surface area contributed by atoms with Crippen molar-refractivity contribution in [3.63, 3.8) is 0 Å². The summed E-state index contributed by atoms with van der Waals surface area (Å²) in [7, 11) is -1.26. The zero-order valence-electron chi connectivity index (χ0n) is 17.7. The molecule has 0 aromatic heterocycles. The van der Waals surface area contributed by atoms with Crippen LogP contribution in [-0.2, 0) is 14.8 Å². The number of halogens is 2. The maximum absolute atomic E-state index is 14.1. The third-order valence-corrected chi connectivity index (χ3v) is 7.48. The van der Waals surface area contributed by atoms with Gasteiger partial charge in [0.05, 0.1) is 23.3 Å². The highest BCUT2D eigenvalue weighted by Gasteiger charge is 2.29. The lowest BCUT2D eigenvalue weighted by Crippen LogP contribution is -2.38. The molecule has 32 heavy (non-hydrogen) atoms. The molecule has 0 heterocycles. The number of methoxy groups -OCH3 is 1. The summed E-state index contributed by atoms with van der Waals surface area (Å²) in [5, 5.41) is 2.25. The molecule has 172 valence electrons. The summed E-state index contributed by atoms with van der Waals surface area (Å²) in [5.74, 6) is -4.07. The largest absolute Gasteiger partial charge is 0.465 e. The molecule has 7 nitrogen and oxygen atoms in total. The average molecular weight is 467 g/mol. The first-order valence-electron chi connectivity index (χ1n) is 10.1. The molecule has 0 radical (unpaired) electrons. The number of carbonyl (C=O) groups is 2. The first-order chi connectivity index (χ1) is 15.1. The molecule has 0 aliphatic heterocycles. The molecule has 1 aliphatic carbocycles. The normalized spacial score (nSPS) is 14.9. The van der Waals surface area contributed by atoms with E-state index in [1.165, 1.54) is 35.6 Å². The molecule has 2 aromatic carbocycles. The SMILES string of the molecule is COC(=O)c1cc(NC(=O)c2cccc(S(=O)(=O)N(C)C3CCCCC3)c2)c(F)cc1F. The van der Waals surface area contributed by atoms with E-state index in [-0.39, 0.29) is 16.5 Å². The van der Waals surface area contributed by atoms with Crippen molar-refractivity contribution in [2.75, 3.05) is 19.5 Å². The number of hydrogen-bond acceptors (Lipinski definition) is 5. The van der Waals surface area contributed by atoms with E-state index in [2.05, 4.69) is 10.1 Å². The Labute approximate surface area is 185 Å². The Morgan fingerprint density at radius 2 is 1.75 bits per heavy atom. The van der Waals surface area contributed by atoms with Crippen molar-refractivity contribution in [1.29, 1.82) is 0 Å². The number of anilines is 1. The van der Waals surface area contributed by atoms with Crippen LogP contribution in [0.5, 0.6) is 0 Å². The fourth-order valence-electron chi connectivity index (χ4n) is 3.71. The predicted molar refractivity (Wildman–Crippen MR) is 114 cm³/mol. The van der Waals surface area contributed by atoms with Gasteiger partial charge in [0.15, 0.2) is 0 Å². The minimum absolute atomic E-state index is 0.0357. The maximum Gasteiger partial charge on any atom is 0.340 e. The van der Waals surface area contributed by atoms with Crippen molar-refractivity contribution in [3.05, 3.63) is 59.2 Å². The number of esters is 1. The second-order valence-electron chi connectivity index (χ2n) is 7.60. The molecule has 0 atom stereocenters. The lowest BCUT2D eigenvalue weighted by Gasteiger charge is -2.30. The summed E-state index contributed by atoms with van der Waals surface area (Å²) in [4.78, 5) is 24.2. The summed E-state index contributed by atoms with van der Waals surface area (Å²) in [6, 6.07) is 6.56. The van der Waals surface area contributed by atoms with Gasteiger partial charge in [-0.15, -0.1) is 0 Å². The van der Waals surface area contributed by atoms with Crippen LogP contribution >= 0.6 is 0 Å². The number of hydrogen-bond donors (Lipinski definition) is 1. The molecule has 0 spiro atoms. The van der Waals surface area contributed by atoms with E-state index >= 15 is 0 Å². The van der Waals surface area contributed by atoms with Gasteiger partial charge in [-0.25, -0.2) is 22.0 Å². The molecule has 0 unspecified atom stereocenters. The number of nitrogens with zero attached hydrogens (tertiary/aromatic N) is 1. The van der Waals surface area contributed by atoms with E-state index in [0.717, 1.165) is 45.3 Å². The van der Waals surface area contributed by atoms with Crippen LogP contribution in [0.4, 0.5) is 14.5 Å². The lowest BCUT2D eigenvalue weighted by molar-refractivity contribution is 0.0595. The van der Waals surface area contributed by atoms with Gasteiger partial charge in [-0.05, 0) is 37.1 Å². The molecule has 1 fully saturated rings. The van der Waals surface area contributed by atoms with Crippen molar-refractivity contribution >= 4 is 27.6 Å². The first-order valence-corrected chi connectivity index (χ1v) is 11.6. The number of amides is 1. The minimum atomic E-state index is -3.83. The Morgan fingerprint density at radius 1 is 1.06 bits per heavy atom. The van der Waals surface area contributed by atoms with E-state index in [1.54, 1.807) is 0 Å². The number of benzene rings is 2. The van der Waals surface area contributed by atoms with Gasteiger partial charge in [-0.3, -0.25) is 4.79 Å². The zero-order chi connectivity index (χ0) is 23.5. The van der Waals surface area contributed by atoms with Crippen molar-refractivity contribution < 1.29 is 31.5 Å². The van der Waals surface area contributed by atoms with Crippen LogP contribution in [0.25, 0.3) is 0 Å². The predicted octanol–water partition coefficient (Wildman–Crippen LogP) is 3.96. The van der Waals surface area contributed by atoms with E-state index < -0.39 is 44.8 Å². The van der Waals surface area contributed by atoms with Gasteiger partial charge in [0.2, 0.25) is 10.0 Å². The number of carbonyl (C=O) groups excluding carboxylic acids is 2. The van der Waals surface area contributed by atoms with Crippen molar-refractivity contribution in [1.82, 2.24) is 4.31 Å². The number of sulfonamides is 1. The summed E-state index contributed by atoms with van der Waals surface area (Å²) in [5.41, 5.74) is -1.02. The number of ether oxygens (including phenoxy) is 1. The fraction of sp³-hybridized carbons (Fsp3) is 0.364. The van der Waals surface area contributed by atoms with E-state index in [1.807, 2.05) is 0 Å². The van der Waals surface area contributed by atoms with Crippen LogP contribution in [0.2, 0.25) is 0 Å². The lowest BCUT2D eigenvalue weighted by atomic mass is 9.96. The summed E-state index contributed by atoms with van der Waals surface area (Å²) < 4.78 is 59.8. The molecule has 1 amide bonds. The second-order valence-corrected chi connectivity index (χ2v) is 9.60. The maximum atomic E-state index is 14.1. The quantitative estimate of drug-likeness (QED) is 0.651. The molecule has 0 saturated heterocycles. The molecule has 0 bridgehead atoms. The Bertz CT molecular complexity index is 1130. The topological polar surface area (TPSA) is 92.8 Å². The van der Waals surface area contributed by atoms with Gasteiger partial charge >= 0.3 is 5.97 Å². The van der Waals surface area contributed by atoms with Gasteiger partial charge in [-0.1, -0.05) is 25.3 Å². The minimum Gasteiger partial charge on any atom is -0.465 e. The van der Waals surface area contributed by atoms with Crippen LogP contribution in [-0.4, -0.2) is 44.8 Å². The highest BCUT2D eigenvalue weighted by molar-refractivity contribution is 7.89. The van der Waals surface area contributed by atoms with Crippen molar-refractivity contribution in [2.24, 2.45) is 0 Å². The highest BCUT2D eigenvalue weighted by atomic mass is 32.2. The number of nitrogens with one attached hydrogen (secondary N) is 1. The van der Waals surface area contributed by atoms with Crippen molar-refractivity contribution in [2.45, 2.75) is 43.0 Å². The summed E-state index contributed by atoms with van der Waals surface area (Å²) in [6.45, 7) is 0. The van der Waals surface area contributed by atoms with E-state index in [0.29, 0.717) is 6.07 Å². The molecular weight excluding hydrogens is 442 g/mol. The zero-order valence-corrected chi connectivity index (χ0v) is 18.5. The van der Waals surface area contributed by atoms with E-state index in [9.17, 15) is 26.8 Å². The number of rotatable bonds is 6. The van der Waals surface area contributed by atoms with Gasteiger partial charge < -0.3 is 10.1 Å². The first kappa shape index (κ1) is 23.8. The fourth-order valence-corrected chi connectivity index (χ4v) is 5.17. The van der Waals surface area contributed by atoms with Crippen LogP contribution in [0.1, 0.15) is 52.8 Å².